The number of aryl methyl sites for hydroxylation is 1. The van der Waals surface area contributed by atoms with Crippen LogP contribution in [0.3, 0.4) is 0 Å². The summed E-state index contributed by atoms with van der Waals surface area (Å²) >= 11 is 3.52. The lowest BCUT2D eigenvalue weighted by Crippen LogP contribution is -2.04. The second-order valence-corrected chi connectivity index (χ2v) is 4.90. The zero-order valence-corrected chi connectivity index (χ0v) is 12.0. The normalized spacial score (nSPS) is 10.4. The van der Waals surface area contributed by atoms with Crippen LogP contribution in [0.2, 0.25) is 0 Å². The van der Waals surface area contributed by atoms with E-state index in [1.165, 1.54) is 11.9 Å². The average molecular weight is 307 g/mol. The average Bonchev–Trinajstić information content (AvgIpc) is 2.34. The van der Waals surface area contributed by atoms with Crippen molar-refractivity contribution in [2.45, 2.75) is 20.3 Å². The van der Waals surface area contributed by atoms with Crippen molar-refractivity contribution in [2.24, 2.45) is 0 Å². The van der Waals surface area contributed by atoms with Crippen molar-refractivity contribution in [3.05, 3.63) is 40.1 Å². The van der Waals surface area contributed by atoms with Crippen molar-refractivity contribution in [3.8, 4) is 0 Å². The zero-order chi connectivity index (χ0) is 13.1. The molecule has 5 heteroatoms. The molecule has 0 atom stereocenters. The fourth-order valence-corrected chi connectivity index (χ4v) is 2.09. The molecule has 0 spiro atoms. The largest absolute Gasteiger partial charge is 0.383 e. The predicted molar refractivity (Wildman–Crippen MR) is 78.0 cm³/mol. The molecule has 0 amide bonds. The van der Waals surface area contributed by atoms with E-state index in [0.717, 1.165) is 28.0 Å². The van der Waals surface area contributed by atoms with Crippen LogP contribution in [-0.4, -0.2) is 9.97 Å². The molecule has 0 bridgehead atoms. The number of rotatable bonds is 3. The summed E-state index contributed by atoms with van der Waals surface area (Å²) in [6, 6.07) is 6.11. The lowest BCUT2D eigenvalue weighted by molar-refractivity contribution is 1.06. The van der Waals surface area contributed by atoms with Gasteiger partial charge in [0.2, 0.25) is 0 Å². The van der Waals surface area contributed by atoms with E-state index in [4.69, 9.17) is 5.73 Å². The van der Waals surface area contributed by atoms with E-state index in [1.807, 2.05) is 26.0 Å². The van der Waals surface area contributed by atoms with Crippen molar-refractivity contribution in [3.63, 3.8) is 0 Å². The Balaban J connectivity index is 2.40. The van der Waals surface area contributed by atoms with Gasteiger partial charge in [0.05, 0.1) is 5.69 Å². The SMILES string of the molecule is CCc1c(N)ncnc1Nc1cc(C)ccc1Br. The Morgan fingerprint density at radius 2 is 2.11 bits per heavy atom. The van der Waals surface area contributed by atoms with Gasteiger partial charge in [-0.15, -0.1) is 0 Å². The van der Waals surface area contributed by atoms with E-state index in [1.54, 1.807) is 0 Å². The zero-order valence-electron chi connectivity index (χ0n) is 10.4. The molecule has 0 aliphatic rings. The summed E-state index contributed by atoms with van der Waals surface area (Å²) in [5.74, 6) is 1.29. The van der Waals surface area contributed by atoms with Crippen LogP contribution in [-0.2, 0) is 6.42 Å². The summed E-state index contributed by atoms with van der Waals surface area (Å²) in [4.78, 5) is 8.26. The second kappa shape index (κ2) is 5.35. The smallest absolute Gasteiger partial charge is 0.139 e. The monoisotopic (exact) mass is 306 g/mol. The lowest BCUT2D eigenvalue weighted by atomic mass is 10.2. The molecule has 2 aromatic rings. The van der Waals surface area contributed by atoms with Gasteiger partial charge >= 0.3 is 0 Å². The first-order chi connectivity index (χ1) is 8.61. The van der Waals surface area contributed by atoms with Crippen molar-refractivity contribution in [1.82, 2.24) is 9.97 Å². The van der Waals surface area contributed by atoms with Crippen LogP contribution < -0.4 is 11.1 Å². The highest BCUT2D eigenvalue weighted by Gasteiger charge is 2.09. The highest BCUT2D eigenvalue weighted by atomic mass is 79.9. The van der Waals surface area contributed by atoms with Crippen molar-refractivity contribution in [1.29, 1.82) is 0 Å². The minimum Gasteiger partial charge on any atom is -0.383 e. The fraction of sp³-hybridized carbons (Fsp3) is 0.231. The molecule has 0 aliphatic heterocycles. The molecule has 1 aromatic heterocycles. The van der Waals surface area contributed by atoms with E-state index in [9.17, 15) is 0 Å². The first-order valence-electron chi connectivity index (χ1n) is 5.74. The number of nitrogens with zero attached hydrogens (tertiary/aromatic N) is 2. The second-order valence-electron chi connectivity index (χ2n) is 4.05. The standard InChI is InChI=1S/C13H15BrN4/c1-3-9-12(15)16-7-17-13(9)18-11-6-8(2)4-5-10(11)14/h4-7H,3H2,1-2H3,(H3,15,16,17,18). The highest BCUT2D eigenvalue weighted by molar-refractivity contribution is 9.10. The van der Waals surface area contributed by atoms with Crippen LogP contribution in [0.15, 0.2) is 29.0 Å². The van der Waals surface area contributed by atoms with Gasteiger partial charge in [0.15, 0.2) is 0 Å². The lowest BCUT2D eigenvalue weighted by Gasteiger charge is -2.12. The topological polar surface area (TPSA) is 63.8 Å². The molecule has 1 aromatic carbocycles. The number of hydrogen-bond acceptors (Lipinski definition) is 4. The molecule has 0 unspecified atom stereocenters. The summed E-state index contributed by atoms with van der Waals surface area (Å²) in [7, 11) is 0. The molecule has 1 heterocycles. The van der Waals surface area contributed by atoms with Gasteiger partial charge in [-0.3, -0.25) is 0 Å². The molecule has 0 fully saturated rings. The quantitative estimate of drug-likeness (QED) is 0.912. The molecule has 0 aliphatic carbocycles. The molecule has 94 valence electrons. The number of hydrogen-bond donors (Lipinski definition) is 2. The third-order valence-electron chi connectivity index (χ3n) is 2.71. The number of anilines is 3. The number of aromatic nitrogens is 2. The van der Waals surface area contributed by atoms with Crippen LogP contribution in [0.4, 0.5) is 17.3 Å². The van der Waals surface area contributed by atoms with Crippen molar-refractivity contribution in [2.75, 3.05) is 11.1 Å². The van der Waals surface area contributed by atoms with E-state index in [-0.39, 0.29) is 0 Å². The molecule has 4 nitrogen and oxygen atoms in total. The summed E-state index contributed by atoms with van der Waals surface area (Å²) in [6.07, 6.45) is 2.26. The molecule has 2 rings (SSSR count). The van der Waals surface area contributed by atoms with Crippen LogP contribution in [0.1, 0.15) is 18.1 Å². The number of nitrogen functional groups attached to an aromatic ring is 1. The number of halogens is 1. The molecule has 0 radical (unpaired) electrons. The Bertz CT molecular complexity index is 569. The van der Waals surface area contributed by atoms with Crippen molar-refractivity contribution >= 4 is 33.3 Å². The van der Waals surface area contributed by atoms with Crippen LogP contribution in [0.25, 0.3) is 0 Å². The van der Waals surface area contributed by atoms with E-state index in [2.05, 4.69) is 37.3 Å². The van der Waals surface area contributed by atoms with Crippen LogP contribution in [0.5, 0.6) is 0 Å². The van der Waals surface area contributed by atoms with Crippen LogP contribution >= 0.6 is 15.9 Å². The van der Waals surface area contributed by atoms with E-state index >= 15 is 0 Å². The summed E-state index contributed by atoms with van der Waals surface area (Å²) in [6.45, 7) is 4.08. The van der Waals surface area contributed by atoms with Gasteiger partial charge in [-0.2, -0.15) is 0 Å². The third-order valence-corrected chi connectivity index (χ3v) is 3.40. The Hall–Kier alpha value is -1.62. The van der Waals surface area contributed by atoms with E-state index in [0.29, 0.717) is 5.82 Å². The Morgan fingerprint density at radius 3 is 2.83 bits per heavy atom. The molecular weight excluding hydrogens is 292 g/mol. The molecular formula is C13H15BrN4. The molecule has 0 saturated heterocycles. The first-order valence-corrected chi connectivity index (χ1v) is 6.53. The summed E-state index contributed by atoms with van der Waals surface area (Å²) in [5.41, 5.74) is 8.94. The summed E-state index contributed by atoms with van der Waals surface area (Å²) < 4.78 is 0.993. The minimum atomic E-state index is 0.527. The Kier molecular flexibility index (Phi) is 3.81. The van der Waals surface area contributed by atoms with Gasteiger partial charge in [-0.25, -0.2) is 9.97 Å². The minimum absolute atomic E-state index is 0.527. The Labute approximate surface area is 115 Å². The van der Waals surface area contributed by atoms with E-state index < -0.39 is 0 Å². The van der Waals surface area contributed by atoms with Gasteiger partial charge in [-0.05, 0) is 47.0 Å². The van der Waals surface area contributed by atoms with Crippen molar-refractivity contribution < 1.29 is 0 Å². The van der Waals surface area contributed by atoms with Gasteiger partial charge in [-0.1, -0.05) is 13.0 Å². The number of nitrogens with two attached hydrogens (primary N) is 1. The fourth-order valence-electron chi connectivity index (χ4n) is 1.74. The van der Waals surface area contributed by atoms with Gasteiger partial charge in [0, 0.05) is 10.0 Å². The maximum absolute atomic E-state index is 5.85. The first kappa shape index (κ1) is 12.8. The van der Waals surface area contributed by atoms with Gasteiger partial charge in [0.25, 0.3) is 0 Å². The van der Waals surface area contributed by atoms with Gasteiger partial charge < -0.3 is 11.1 Å². The van der Waals surface area contributed by atoms with Gasteiger partial charge in [0.1, 0.15) is 18.0 Å². The summed E-state index contributed by atoms with van der Waals surface area (Å²) in [5, 5.41) is 3.30. The molecule has 18 heavy (non-hydrogen) atoms. The Morgan fingerprint density at radius 1 is 1.33 bits per heavy atom. The van der Waals surface area contributed by atoms with Crippen LogP contribution in [0, 0.1) is 6.92 Å². The number of nitrogens with one attached hydrogen (secondary N) is 1. The molecule has 3 N–H and O–H groups in total. The third kappa shape index (κ3) is 2.61. The predicted octanol–water partition coefficient (Wildman–Crippen LogP) is 3.44. The molecule has 0 saturated carbocycles. The highest BCUT2D eigenvalue weighted by Crippen LogP contribution is 2.28. The maximum atomic E-state index is 5.85. The number of benzene rings is 1. The maximum Gasteiger partial charge on any atom is 0.139 e.